The summed E-state index contributed by atoms with van der Waals surface area (Å²) >= 11 is 0. The SMILES string of the molecule is COc1cccc([C@H]2C[C@H]2C(=O)Nc2cnc(C3CC3)nc2)c1. The Bertz CT molecular complexity index is 725. The molecule has 2 atom stereocenters. The van der Waals surface area contributed by atoms with E-state index in [9.17, 15) is 4.79 Å². The molecule has 1 heterocycles. The topological polar surface area (TPSA) is 64.1 Å². The van der Waals surface area contributed by atoms with Crippen LogP contribution in [0, 0.1) is 5.92 Å². The second-order valence-electron chi connectivity index (χ2n) is 6.32. The Balaban J connectivity index is 1.38. The number of methoxy groups -OCH3 is 1. The van der Waals surface area contributed by atoms with Gasteiger partial charge < -0.3 is 10.1 Å². The second-order valence-corrected chi connectivity index (χ2v) is 6.32. The summed E-state index contributed by atoms with van der Waals surface area (Å²) < 4.78 is 5.24. The number of rotatable bonds is 5. The standard InChI is InChI=1S/C18H19N3O2/c1-23-14-4-2-3-12(7-14)15-8-16(15)18(22)21-13-9-19-17(20-10-13)11-5-6-11/h2-4,7,9-11,15-16H,5-6,8H2,1H3,(H,21,22)/t15-,16-/m1/s1. The van der Waals surface area contributed by atoms with Gasteiger partial charge in [-0.2, -0.15) is 0 Å². The third-order valence-electron chi connectivity index (χ3n) is 4.53. The number of benzene rings is 1. The summed E-state index contributed by atoms with van der Waals surface area (Å²) in [4.78, 5) is 21.0. The van der Waals surface area contributed by atoms with Gasteiger partial charge in [-0.1, -0.05) is 12.1 Å². The van der Waals surface area contributed by atoms with Gasteiger partial charge in [0.1, 0.15) is 11.6 Å². The summed E-state index contributed by atoms with van der Waals surface area (Å²) in [6.07, 6.45) is 6.65. The van der Waals surface area contributed by atoms with Crippen LogP contribution in [0.25, 0.3) is 0 Å². The second kappa shape index (κ2) is 5.65. The Morgan fingerprint density at radius 3 is 2.74 bits per heavy atom. The van der Waals surface area contributed by atoms with Gasteiger partial charge in [-0.15, -0.1) is 0 Å². The van der Waals surface area contributed by atoms with E-state index in [4.69, 9.17) is 4.74 Å². The number of carbonyl (C=O) groups excluding carboxylic acids is 1. The van der Waals surface area contributed by atoms with Crippen molar-refractivity contribution in [2.24, 2.45) is 5.92 Å². The molecule has 5 nitrogen and oxygen atoms in total. The smallest absolute Gasteiger partial charge is 0.228 e. The number of hydrogen-bond acceptors (Lipinski definition) is 4. The van der Waals surface area contributed by atoms with Crippen LogP contribution in [0.3, 0.4) is 0 Å². The van der Waals surface area contributed by atoms with E-state index in [2.05, 4.69) is 15.3 Å². The van der Waals surface area contributed by atoms with Gasteiger partial charge in [0.15, 0.2) is 0 Å². The van der Waals surface area contributed by atoms with E-state index in [1.807, 2.05) is 24.3 Å². The predicted octanol–water partition coefficient (Wildman–Crippen LogP) is 3.10. The molecule has 0 aliphatic heterocycles. The molecule has 0 bridgehead atoms. The zero-order chi connectivity index (χ0) is 15.8. The van der Waals surface area contributed by atoms with Crippen molar-refractivity contribution in [3.63, 3.8) is 0 Å². The van der Waals surface area contributed by atoms with Gasteiger partial charge >= 0.3 is 0 Å². The number of ether oxygens (including phenoxy) is 1. The minimum Gasteiger partial charge on any atom is -0.497 e. The van der Waals surface area contributed by atoms with E-state index in [-0.39, 0.29) is 17.7 Å². The number of carbonyl (C=O) groups is 1. The molecule has 5 heteroatoms. The number of amides is 1. The minimum atomic E-state index is 0.0187. The van der Waals surface area contributed by atoms with Gasteiger partial charge in [-0.25, -0.2) is 9.97 Å². The molecule has 0 spiro atoms. The Morgan fingerprint density at radius 2 is 2.04 bits per heavy atom. The molecule has 0 radical (unpaired) electrons. The summed E-state index contributed by atoms with van der Waals surface area (Å²) in [5.41, 5.74) is 1.83. The first-order valence-corrected chi connectivity index (χ1v) is 8.01. The van der Waals surface area contributed by atoms with Gasteiger partial charge in [0.2, 0.25) is 5.91 Å². The highest BCUT2D eigenvalue weighted by molar-refractivity contribution is 5.95. The average molecular weight is 309 g/mol. The normalized spacial score (nSPS) is 22.5. The molecule has 1 aromatic heterocycles. The summed E-state index contributed by atoms with van der Waals surface area (Å²) in [7, 11) is 1.65. The van der Waals surface area contributed by atoms with E-state index < -0.39 is 0 Å². The zero-order valence-corrected chi connectivity index (χ0v) is 13.0. The molecular weight excluding hydrogens is 290 g/mol. The lowest BCUT2D eigenvalue weighted by Crippen LogP contribution is -2.15. The average Bonchev–Trinajstić information content (AvgIpc) is 3.48. The Hall–Kier alpha value is -2.43. The number of nitrogens with one attached hydrogen (secondary N) is 1. The number of aromatic nitrogens is 2. The van der Waals surface area contributed by atoms with Crippen LogP contribution in [0.4, 0.5) is 5.69 Å². The molecule has 2 fully saturated rings. The fourth-order valence-corrected chi connectivity index (χ4v) is 2.92. The molecule has 2 aromatic rings. The monoisotopic (exact) mass is 309 g/mol. The van der Waals surface area contributed by atoms with Crippen LogP contribution in [0.1, 0.15) is 42.5 Å². The van der Waals surface area contributed by atoms with Crippen LogP contribution < -0.4 is 10.1 Å². The quantitative estimate of drug-likeness (QED) is 0.921. The van der Waals surface area contributed by atoms with Gasteiger partial charge in [0.05, 0.1) is 25.2 Å². The van der Waals surface area contributed by atoms with Crippen molar-refractivity contribution in [2.45, 2.75) is 31.1 Å². The van der Waals surface area contributed by atoms with Crippen molar-refractivity contribution in [1.82, 2.24) is 9.97 Å². The van der Waals surface area contributed by atoms with Crippen LogP contribution in [0.15, 0.2) is 36.7 Å². The Labute approximate surface area is 135 Å². The Kier molecular flexibility index (Phi) is 3.48. The van der Waals surface area contributed by atoms with Crippen molar-refractivity contribution in [1.29, 1.82) is 0 Å². The molecule has 1 amide bonds. The molecule has 2 aliphatic carbocycles. The van der Waals surface area contributed by atoms with E-state index >= 15 is 0 Å². The molecular formula is C18H19N3O2. The Morgan fingerprint density at radius 1 is 1.26 bits per heavy atom. The third-order valence-corrected chi connectivity index (χ3v) is 4.53. The van der Waals surface area contributed by atoms with Gasteiger partial charge in [0.25, 0.3) is 0 Å². The summed E-state index contributed by atoms with van der Waals surface area (Å²) in [6.45, 7) is 0. The van der Waals surface area contributed by atoms with Gasteiger partial charge in [-0.05, 0) is 42.9 Å². The van der Waals surface area contributed by atoms with Crippen LogP contribution in [0.2, 0.25) is 0 Å². The molecule has 118 valence electrons. The molecule has 23 heavy (non-hydrogen) atoms. The molecule has 2 aliphatic rings. The van der Waals surface area contributed by atoms with Crippen LogP contribution in [-0.2, 0) is 4.79 Å². The highest BCUT2D eigenvalue weighted by Crippen LogP contribution is 2.48. The van der Waals surface area contributed by atoms with Crippen molar-refractivity contribution >= 4 is 11.6 Å². The summed E-state index contributed by atoms with van der Waals surface area (Å²) in [5, 5.41) is 2.92. The van der Waals surface area contributed by atoms with E-state index in [1.165, 1.54) is 12.8 Å². The molecule has 1 aromatic carbocycles. The van der Waals surface area contributed by atoms with E-state index in [0.29, 0.717) is 11.6 Å². The molecule has 0 saturated heterocycles. The van der Waals surface area contributed by atoms with Crippen molar-refractivity contribution in [3.05, 3.63) is 48.0 Å². The van der Waals surface area contributed by atoms with E-state index in [1.54, 1.807) is 19.5 Å². The number of anilines is 1. The highest BCUT2D eigenvalue weighted by atomic mass is 16.5. The number of hydrogen-bond donors (Lipinski definition) is 1. The lowest BCUT2D eigenvalue weighted by Gasteiger charge is -2.06. The summed E-state index contributed by atoms with van der Waals surface area (Å²) in [5.74, 6) is 2.59. The fraction of sp³-hybridized carbons (Fsp3) is 0.389. The predicted molar refractivity (Wildman–Crippen MR) is 86.5 cm³/mol. The molecule has 4 rings (SSSR count). The molecule has 2 saturated carbocycles. The van der Waals surface area contributed by atoms with Crippen LogP contribution in [0.5, 0.6) is 5.75 Å². The summed E-state index contributed by atoms with van der Waals surface area (Å²) in [6, 6.07) is 7.94. The maximum atomic E-state index is 12.3. The van der Waals surface area contributed by atoms with Gasteiger partial charge in [0, 0.05) is 11.8 Å². The fourth-order valence-electron chi connectivity index (χ4n) is 2.92. The van der Waals surface area contributed by atoms with Crippen molar-refractivity contribution in [2.75, 3.05) is 12.4 Å². The maximum absolute atomic E-state index is 12.3. The van der Waals surface area contributed by atoms with Crippen LogP contribution in [-0.4, -0.2) is 23.0 Å². The molecule has 1 N–H and O–H groups in total. The van der Waals surface area contributed by atoms with Crippen LogP contribution >= 0.6 is 0 Å². The maximum Gasteiger partial charge on any atom is 0.228 e. The first kappa shape index (κ1) is 14.2. The number of nitrogens with zero attached hydrogens (tertiary/aromatic N) is 2. The first-order chi connectivity index (χ1) is 11.2. The van der Waals surface area contributed by atoms with Gasteiger partial charge in [-0.3, -0.25) is 4.79 Å². The van der Waals surface area contributed by atoms with Crippen molar-refractivity contribution in [3.8, 4) is 5.75 Å². The first-order valence-electron chi connectivity index (χ1n) is 8.01. The largest absolute Gasteiger partial charge is 0.497 e. The lowest BCUT2D eigenvalue weighted by atomic mass is 10.1. The minimum absolute atomic E-state index is 0.0187. The highest BCUT2D eigenvalue weighted by Gasteiger charge is 2.44. The zero-order valence-electron chi connectivity index (χ0n) is 13.0. The molecule has 0 unspecified atom stereocenters. The van der Waals surface area contributed by atoms with E-state index in [0.717, 1.165) is 23.6 Å². The third kappa shape index (κ3) is 3.04. The lowest BCUT2D eigenvalue weighted by molar-refractivity contribution is -0.117. The van der Waals surface area contributed by atoms with Crippen molar-refractivity contribution < 1.29 is 9.53 Å².